The van der Waals surface area contributed by atoms with E-state index in [9.17, 15) is 4.79 Å². The molecule has 1 unspecified atom stereocenters. The second-order valence-corrected chi connectivity index (χ2v) is 4.46. The molecule has 0 spiro atoms. The SMILES string of the molecule is CC(CCC(=O)O)N(CCO)Cc1ccccc1. The highest BCUT2D eigenvalue weighted by molar-refractivity contribution is 5.66. The molecule has 4 heteroatoms. The Morgan fingerprint density at radius 3 is 2.56 bits per heavy atom. The summed E-state index contributed by atoms with van der Waals surface area (Å²) in [5.74, 6) is -0.773. The van der Waals surface area contributed by atoms with Crippen molar-refractivity contribution in [2.45, 2.75) is 32.4 Å². The van der Waals surface area contributed by atoms with Gasteiger partial charge in [-0.15, -0.1) is 0 Å². The standard InChI is InChI=1S/C14H21NO3/c1-12(7-8-14(17)18)15(9-10-16)11-13-5-3-2-4-6-13/h2-6,12,16H,7-11H2,1H3,(H,17,18). The Morgan fingerprint density at radius 1 is 1.33 bits per heavy atom. The average molecular weight is 251 g/mol. The molecule has 0 heterocycles. The summed E-state index contributed by atoms with van der Waals surface area (Å²) in [6.45, 7) is 3.39. The molecule has 0 aliphatic heterocycles. The molecule has 0 bridgehead atoms. The van der Waals surface area contributed by atoms with Crippen molar-refractivity contribution in [3.05, 3.63) is 35.9 Å². The maximum atomic E-state index is 10.6. The molecule has 1 rings (SSSR count). The highest BCUT2D eigenvalue weighted by atomic mass is 16.4. The molecule has 2 N–H and O–H groups in total. The zero-order valence-corrected chi connectivity index (χ0v) is 10.7. The van der Waals surface area contributed by atoms with E-state index >= 15 is 0 Å². The number of aliphatic carboxylic acids is 1. The highest BCUT2D eigenvalue weighted by Crippen LogP contribution is 2.11. The van der Waals surface area contributed by atoms with Gasteiger partial charge in [0.05, 0.1) is 6.61 Å². The Bertz CT molecular complexity index is 353. The van der Waals surface area contributed by atoms with Crippen LogP contribution in [0.4, 0.5) is 0 Å². The molecule has 1 aromatic carbocycles. The molecule has 0 saturated heterocycles. The number of hydrogen-bond acceptors (Lipinski definition) is 3. The Kier molecular flexibility index (Phi) is 6.39. The zero-order valence-electron chi connectivity index (χ0n) is 10.7. The van der Waals surface area contributed by atoms with Crippen molar-refractivity contribution >= 4 is 5.97 Å². The van der Waals surface area contributed by atoms with Crippen LogP contribution in [0.25, 0.3) is 0 Å². The fourth-order valence-corrected chi connectivity index (χ4v) is 1.92. The molecule has 0 aliphatic carbocycles. The van der Waals surface area contributed by atoms with Gasteiger partial charge >= 0.3 is 5.97 Å². The van der Waals surface area contributed by atoms with Crippen LogP contribution in [0.2, 0.25) is 0 Å². The summed E-state index contributed by atoms with van der Waals surface area (Å²) in [6.07, 6.45) is 0.764. The largest absolute Gasteiger partial charge is 0.481 e. The van der Waals surface area contributed by atoms with Crippen LogP contribution in [0.1, 0.15) is 25.3 Å². The third-order valence-corrected chi connectivity index (χ3v) is 3.02. The number of nitrogens with zero attached hydrogens (tertiary/aromatic N) is 1. The third kappa shape index (κ3) is 5.29. The lowest BCUT2D eigenvalue weighted by Gasteiger charge is -2.28. The van der Waals surface area contributed by atoms with Crippen LogP contribution < -0.4 is 0 Å². The molecule has 0 saturated carbocycles. The number of carboxylic acid groups (broad SMARTS) is 1. The topological polar surface area (TPSA) is 60.8 Å². The van der Waals surface area contributed by atoms with E-state index in [1.165, 1.54) is 5.56 Å². The number of aliphatic hydroxyl groups excluding tert-OH is 1. The number of aliphatic hydroxyl groups is 1. The van der Waals surface area contributed by atoms with Crippen LogP contribution in [-0.2, 0) is 11.3 Å². The molecule has 4 nitrogen and oxygen atoms in total. The van der Waals surface area contributed by atoms with Crippen molar-refractivity contribution in [1.29, 1.82) is 0 Å². The van der Waals surface area contributed by atoms with E-state index in [1.807, 2.05) is 37.3 Å². The number of carboxylic acids is 1. The number of rotatable bonds is 8. The molecule has 18 heavy (non-hydrogen) atoms. The van der Waals surface area contributed by atoms with Crippen molar-refractivity contribution in [3.8, 4) is 0 Å². The van der Waals surface area contributed by atoms with E-state index in [0.717, 1.165) is 6.54 Å². The van der Waals surface area contributed by atoms with Gasteiger partial charge in [0.2, 0.25) is 0 Å². The predicted molar refractivity (Wildman–Crippen MR) is 70.3 cm³/mol. The van der Waals surface area contributed by atoms with E-state index in [0.29, 0.717) is 13.0 Å². The van der Waals surface area contributed by atoms with Crippen molar-refractivity contribution in [2.24, 2.45) is 0 Å². The van der Waals surface area contributed by atoms with E-state index in [4.69, 9.17) is 10.2 Å². The van der Waals surface area contributed by atoms with Gasteiger partial charge in [0.25, 0.3) is 0 Å². The molecule has 0 aliphatic rings. The van der Waals surface area contributed by atoms with Crippen LogP contribution in [0.15, 0.2) is 30.3 Å². The van der Waals surface area contributed by atoms with Crippen molar-refractivity contribution in [2.75, 3.05) is 13.2 Å². The lowest BCUT2D eigenvalue weighted by molar-refractivity contribution is -0.137. The van der Waals surface area contributed by atoms with Crippen molar-refractivity contribution in [1.82, 2.24) is 4.90 Å². The fraction of sp³-hybridized carbons (Fsp3) is 0.500. The predicted octanol–water partition coefficient (Wildman–Crippen LogP) is 1.73. The lowest BCUT2D eigenvalue weighted by Crippen LogP contribution is -2.35. The van der Waals surface area contributed by atoms with Gasteiger partial charge in [-0.05, 0) is 18.9 Å². The summed E-state index contributed by atoms with van der Waals surface area (Å²) >= 11 is 0. The normalized spacial score (nSPS) is 12.6. The monoisotopic (exact) mass is 251 g/mol. The van der Waals surface area contributed by atoms with Gasteiger partial charge in [-0.3, -0.25) is 9.69 Å². The summed E-state index contributed by atoms with van der Waals surface area (Å²) in [6, 6.07) is 10.1. The van der Waals surface area contributed by atoms with E-state index in [2.05, 4.69) is 4.90 Å². The molecular formula is C14H21NO3. The van der Waals surface area contributed by atoms with Gasteiger partial charge in [-0.25, -0.2) is 0 Å². The summed E-state index contributed by atoms with van der Waals surface area (Å²) < 4.78 is 0. The van der Waals surface area contributed by atoms with Crippen LogP contribution in [0.3, 0.4) is 0 Å². The minimum atomic E-state index is -0.773. The molecule has 1 aromatic rings. The summed E-state index contributed by atoms with van der Waals surface area (Å²) in [7, 11) is 0. The van der Waals surface area contributed by atoms with Gasteiger partial charge in [-0.1, -0.05) is 30.3 Å². The van der Waals surface area contributed by atoms with E-state index in [1.54, 1.807) is 0 Å². The highest BCUT2D eigenvalue weighted by Gasteiger charge is 2.14. The Labute approximate surface area is 108 Å². The Morgan fingerprint density at radius 2 is 2.00 bits per heavy atom. The quantitative estimate of drug-likeness (QED) is 0.738. The maximum absolute atomic E-state index is 10.6. The van der Waals surface area contributed by atoms with Crippen molar-refractivity contribution < 1.29 is 15.0 Å². The van der Waals surface area contributed by atoms with Gasteiger partial charge in [0, 0.05) is 25.6 Å². The first kappa shape index (κ1) is 14.7. The lowest BCUT2D eigenvalue weighted by atomic mass is 10.1. The van der Waals surface area contributed by atoms with Gasteiger partial charge in [0.15, 0.2) is 0 Å². The molecule has 0 fully saturated rings. The van der Waals surface area contributed by atoms with Crippen LogP contribution in [0.5, 0.6) is 0 Å². The zero-order chi connectivity index (χ0) is 13.4. The first-order valence-electron chi connectivity index (χ1n) is 6.24. The molecule has 0 radical (unpaired) electrons. The van der Waals surface area contributed by atoms with Crippen LogP contribution in [0, 0.1) is 0 Å². The van der Waals surface area contributed by atoms with Gasteiger partial charge < -0.3 is 10.2 Å². The fourth-order valence-electron chi connectivity index (χ4n) is 1.92. The number of carbonyl (C=O) groups is 1. The number of hydrogen-bond donors (Lipinski definition) is 2. The Balaban J connectivity index is 2.55. The molecular weight excluding hydrogens is 230 g/mol. The Hall–Kier alpha value is -1.39. The summed E-state index contributed by atoms with van der Waals surface area (Å²) in [5, 5.41) is 17.8. The second kappa shape index (κ2) is 7.84. The number of benzene rings is 1. The third-order valence-electron chi connectivity index (χ3n) is 3.02. The average Bonchev–Trinajstić information content (AvgIpc) is 2.36. The molecule has 100 valence electrons. The smallest absolute Gasteiger partial charge is 0.303 e. The maximum Gasteiger partial charge on any atom is 0.303 e. The minimum Gasteiger partial charge on any atom is -0.481 e. The molecule has 0 amide bonds. The molecule has 0 aromatic heterocycles. The van der Waals surface area contributed by atoms with Crippen molar-refractivity contribution in [3.63, 3.8) is 0 Å². The van der Waals surface area contributed by atoms with Crippen LogP contribution >= 0.6 is 0 Å². The minimum absolute atomic E-state index is 0.0875. The van der Waals surface area contributed by atoms with Crippen LogP contribution in [-0.4, -0.2) is 40.3 Å². The first-order chi connectivity index (χ1) is 8.63. The van der Waals surface area contributed by atoms with E-state index in [-0.39, 0.29) is 19.1 Å². The van der Waals surface area contributed by atoms with Gasteiger partial charge in [-0.2, -0.15) is 0 Å². The summed E-state index contributed by atoms with van der Waals surface area (Å²) in [4.78, 5) is 12.7. The first-order valence-corrected chi connectivity index (χ1v) is 6.24. The van der Waals surface area contributed by atoms with E-state index < -0.39 is 5.97 Å². The summed E-state index contributed by atoms with van der Waals surface area (Å²) in [5.41, 5.74) is 1.17. The second-order valence-electron chi connectivity index (χ2n) is 4.46. The molecule has 1 atom stereocenters. The van der Waals surface area contributed by atoms with Gasteiger partial charge in [0.1, 0.15) is 0 Å².